The molecule has 1 atom stereocenters. The maximum absolute atomic E-state index is 13.9. The molecule has 0 aliphatic carbocycles. The highest BCUT2D eigenvalue weighted by molar-refractivity contribution is 5.94. The summed E-state index contributed by atoms with van der Waals surface area (Å²) in [7, 11) is 1.84. The van der Waals surface area contributed by atoms with Gasteiger partial charge in [-0.2, -0.15) is 0 Å². The van der Waals surface area contributed by atoms with Crippen molar-refractivity contribution in [1.82, 2.24) is 19.8 Å². The average molecular weight is 306 g/mol. The van der Waals surface area contributed by atoms with Gasteiger partial charge in [-0.15, -0.1) is 0 Å². The highest BCUT2D eigenvalue weighted by Gasteiger charge is 2.32. The molecule has 22 heavy (non-hydrogen) atoms. The fourth-order valence-corrected chi connectivity index (χ4v) is 2.70. The Bertz CT molecular complexity index is 701. The van der Waals surface area contributed by atoms with E-state index in [1.807, 2.05) is 11.6 Å². The number of aryl methyl sites for hydroxylation is 1. The maximum atomic E-state index is 13.9. The van der Waals surface area contributed by atoms with Crippen LogP contribution in [0.15, 0.2) is 30.6 Å². The van der Waals surface area contributed by atoms with Gasteiger partial charge in [0.1, 0.15) is 11.9 Å². The lowest BCUT2D eigenvalue weighted by Gasteiger charge is -2.35. The fourth-order valence-electron chi connectivity index (χ4n) is 2.70. The average Bonchev–Trinajstić information content (AvgIpc) is 2.95. The molecular weight excluding hydrogens is 290 g/mol. The lowest BCUT2D eigenvalue weighted by atomic mass is 10.1. The van der Waals surface area contributed by atoms with Crippen molar-refractivity contribution in [3.05, 3.63) is 53.6 Å². The predicted octanol–water partition coefficient (Wildman–Crippen LogP) is 1.49. The van der Waals surface area contributed by atoms with Crippen molar-refractivity contribution in [1.29, 1.82) is 0 Å². The summed E-state index contributed by atoms with van der Waals surface area (Å²) in [4.78, 5) is 18.4. The molecule has 0 spiro atoms. The van der Waals surface area contributed by atoms with Crippen LogP contribution in [0.5, 0.6) is 0 Å². The summed E-state index contributed by atoms with van der Waals surface area (Å²) in [6.07, 6.45) is 3.44. The van der Waals surface area contributed by atoms with Gasteiger partial charge in [-0.05, 0) is 12.1 Å². The number of piperazine rings is 1. The number of amides is 1. The molecule has 1 amide bonds. The molecule has 2 aromatic rings. The Hall–Kier alpha value is -2.28. The standard InChI is InChI=1S/C15H16F2N4O/c1-20-7-6-19-14(20)12-9-18-5-8-21(12)15(22)10-3-2-4-11(16)13(10)17/h2-4,6-7,12,18H,5,8-9H2,1H3. The summed E-state index contributed by atoms with van der Waals surface area (Å²) < 4.78 is 29.1. The quantitative estimate of drug-likeness (QED) is 0.914. The van der Waals surface area contributed by atoms with E-state index in [-0.39, 0.29) is 11.6 Å². The lowest BCUT2D eigenvalue weighted by molar-refractivity contribution is 0.0615. The van der Waals surface area contributed by atoms with Gasteiger partial charge in [-0.25, -0.2) is 13.8 Å². The van der Waals surface area contributed by atoms with Crippen LogP contribution in [-0.4, -0.2) is 40.0 Å². The first-order valence-corrected chi connectivity index (χ1v) is 7.02. The highest BCUT2D eigenvalue weighted by Crippen LogP contribution is 2.24. The zero-order valence-electron chi connectivity index (χ0n) is 12.1. The van der Waals surface area contributed by atoms with Crippen molar-refractivity contribution in [2.75, 3.05) is 19.6 Å². The molecule has 0 radical (unpaired) electrons. The first-order valence-electron chi connectivity index (χ1n) is 7.02. The molecule has 3 rings (SSSR count). The number of nitrogens with zero attached hydrogens (tertiary/aromatic N) is 3. The van der Waals surface area contributed by atoms with Gasteiger partial charge >= 0.3 is 0 Å². The molecule has 1 aliphatic heterocycles. The molecule has 0 bridgehead atoms. The second-order valence-corrected chi connectivity index (χ2v) is 5.22. The predicted molar refractivity (Wildman–Crippen MR) is 76.2 cm³/mol. The molecule has 2 heterocycles. The highest BCUT2D eigenvalue weighted by atomic mass is 19.2. The van der Waals surface area contributed by atoms with E-state index in [2.05, 4.69) is 10.3 Å². The van der Waals surface area contributed by atoms with Crippen LogP contribution in [-0.2, 0) is 7.05 Å². The number of hydrogen-bond donors (Lipinski definition) is 1. The van der Waals surface area contributed by atoms with Gasteiger partial charge in [0, 0.05) is 39.1 Å². The van der Waals surface area contributed by atoms with Crippen LogP contribution in [0.25, 0.3) is 0 Å². The Morgan fingerprint density at radius 1 is 1.41 bits per heavy atom. The molecule has 1 aromatic heterocycles. The topological polar surface area (TPSA) is 50.2 Å². The molecule has 116 valence electrons. The summed E-state index contributed by atoms with van der Waals surface area (Å²) in [6.45, 7) is 1.53. The van der Waals surface area contributed by atoms with Crippen molar-refractivity contribution in [3.63, 3.8) is 0 Å². The number of hydrogen-bond acceptors (Lipinski definition) is 3. The first kappa shape index (κ1) is 14.6. The van der Waals surface area contributed by atoms with E-state index in [4.69, 9.17) is 0 Å². The van der Waals surface area contributed by atoms with E-state index in [1.165, 1.54) is 17.0 Å². The van der Waals surface area contributed by atoms with Gasteiger partial charge in [0.2, 0.25) is 0 Å². The Morgan fingerprint density at radius 2 is 2.23 bits per heavy atom. The third-order valence-electron chi connectivity index (χ3n) is 3.84. The van der Waals surface area contributed by atoms with Crippen molar-refractivity contribution in [3.8, 4) is 0 Å². The van der Waals surface area contributed by atoms with Crippen LogP contribution in [0, 0.1) is 11.6 Å². The van der Waals surface area contributed by atoms with Crippen molar-refractivity contribution >= 4 is 5.91 Å². The number of carbonyl (C=O) groups is 1. The van der Waals surface area contributed by atoms with Gasteiger partial charge in [-0.3, -0.25) is 4.79 Å². The fraction of sp³-hybridized carbons (Fsp3) is 0.333. The van der Waals surface area contributed by atoms with E-state index < -0.39 is 17.5 Å². The van der Waals surface area contributed by atoms with Crippen LogP contribution in [0.2, 0.25) is 0 Å². The summed E-state index contributed by atoms with van der Waals surface area (Å²) in [5, 5.41) is 3.20. The molecule has 5 nitrogen and oxygen atoms in total. The van der Waals surface area contributed by atoms with Gasteiger partial charge in [0.15, 0.2) is 11.6 Å². The molecular formula is C15H16F2N4O. The van der Waals surface area contributed by atoms with Crippen LogP contribution in [0.1, 0.15) is 22.2 Å². The van der Waals surface area contributed by atoms with Crippen LogP contribution < -0.4 is 5.32 Å². The Kier molecular flexibility index (Phi) is 3.89. The van der Waals surface area contributed by atoms with Crippen LogP contribution in [0.4, 0.5) is 8.78 Å². The van der Waals surface area contributed by atoms with E-state index in [1.54, 1.807) is 12.4 Å². The SMILES string of the molecule is Cn1ccnc1C1CNCCN1C(=O)c1cccc(F)c1F. The van der Waals surface area contributed by atoms with Gasteiger partial charge < -0.3 is 14.8 Å². The third-order valence-corrected chi connectivity index (χ3v) is 3.84. The summed E-state index contributed by atoms with van der Waals surface area (Å²) >= 11 is 0. The van der Waals surface area contributed by atoms with E-state index in [0.717, 1.165) is 6.07 Å². The number of rotatable bonds is 2. The number of benzene rings is 1. The minimum absolute atomic E-state index is 0.249. The summed E-state index contributed by atoms with van der Waals surface area (Å²) in [5.74, 6) is -1.94. The number of imidazole rings is 1. The number of halogens is 2. The minimum atomic E-state index is -1.11. The number of nitrogens with one attached hydrogen (secondary N) is 1. The molecule has 1 fully saturated rings. The third kappa shape index (κ3) is 2.48. The van der Waals surface area contributed by atoms with E-state index >= 15 is 0 Å². The summed E-state index contributed by atoms with van der Waals surface area (Å²) in [6, 6.07) is 3.33. The second kappa shape index (κ2) is 5.84. The monoisotopic (exact) mass is 306 g/mol. The van der Waals surface area contributed by atoms with Crippen LogP contribution >= 0.6 is 0 Å². The normalized spacial score (nSPS) is 18.5. The molecule has 0 saturated carbocycles. The maximum Gasteiger partial charge on any atom is 0.257 e. The zero-order valence-corrected chi connectivity index (χ0v) is 12.1. The van der Waals surface area contributed by atoms with Crippen molar-refractivity contribution in [2.45, 2.75) is 6.04 Å². The van der Waals surface area contributed by atoms with E-state index in [0.29, 0.717) is 25.5 Å². The van der Waals surface area contributed by atoms with Gasteiger partial charge in [-0.1, -0.05) is 6.07 Å². The van der Waals surface area contributed by atoms with E-state index in [9.17, 15) is 13.6 Å². The molecule has 1 aromatic carbocycles. The summed E-state index contributed by atoms with van der Waals surface area (Å²) in [5.41, 5.74) is -0.249. The number of carbonyl (C=O) groups excluding carboxylic acids is 1. The second-order valence-electron chi connectivity index (χ2n) is 5.22. The van der Waals surface area contributed by atoms with Gasteiger partial charge in [0.25, 0.3) is 5.91 Å². The molecule has 1 N–H and O–H groups in total. The van der Waals surface area contributed by atoms with Crippen molar-refractivity contribution in [2.24, 2.45) is 7.05 Å². The zero-order chi connectivity index (χ0) is 15.7. The Balaban J connectivity index is 1.95. The Labute approximate surface area is 126 Å². The number of aromatic nitrogens is 2. The molecule has 1 aliphatic rings. The lowest BCUT2D eigenvalue weighted by Crippen LogP contribution is -2.49. The Morgan fingerprint density at radius 3 is 2.95 bits per heavy atom. The minimum Gasteiger partial charge on any atom is -0.336 e. The first-order chi connectivity index (χ1) is 10.6. The smallest absolute Gasteiger partial charge is 0.257 e. The molecule has 1 saturated heterocycles. The molecule has 1 unspecified atom stereocenters. The van der Waals surface area contributed by atoms with Gasteiger partial charge in [0.05, 0.1) is 5.56 Å². The molecule has 7 heteroatoms. The largest absolute Gasteiger partial charge is 0.336 e. The van der Waals surface area contributed by atoms with Crippen molar-refractivity contribution < 1.29 is 13.6 Å². The van der Waals surface area contributed by atoms with Crippen LogP contribution in [0.3, 0.4) is 0 Å².